The number of carbonyl (C=O) groups is 2. The second-order valence-electron chi connectivity index (χ2n) is 4.95. The third kappa shape index (κ3) is 1.73. The van der Waals surface area contributed by atoms with Crippen molar-refractivity contribution in [3.05, 3.63) is 29.8 Å². The summed E-state index contributed by atoms with van der Waals surface area (Å²) in [4.78, 5) is 24.9. The number of carbonyl (C=O) groups excluding carboxylic acids is 2. The summed E-state index contributed by atoms with van der Waals surface area (Å²) in [6, 6.07) is 3.89. The first-order chi connectivity index (χ1) is 9.36. The minimum Gasteiger partial charge on any atom is -0.396 e. The molecule has 1 heterocycles. The van der Waals surface area contributed by atoms with Crippen LogP contribution in [0.25, 0.3) is 0 Å². The van der Waals surface area contributed by atoms with Crippen LogP contribution >= 0.6 is 0 Å². The molecule has 0 spiro atoms. The average Bonchev–Trinajstić information content (AvgIpc) is 3.06. The van der Waals surface area contributed by atoms with E-state index in [1.165, 1.54) is 0 Å². The molecule has 1 N–H and O–H groups in total. The Morgan fingerprint density at radius 3 is 1.95 bits per heavy atom. The average molecular weight is 285 g/mol. The quantitative estimate of drug-likeness (QED) is 0.836. The van der Waals surface area contributed by atoms with Gasteiger partial charge in [0.2, 0.25) is 11.8 Å². The molecule has 0 bridgehead atoms. The van der Waals surface area contributed by atoms with Gasteiger partial charge in [-0.2, -0.15) is 13.2 Å². The number of aliphatic hydroxyl groups excluding tert-OH is 1. The van der Waals surface area contributed by atoms with Crippen molar-refractivity contribution in [3.63, 3.8) is 0 Å². The number of imide groups is 1. The molecule has 1 aromatic carbocycles. The van der Waals surface area contributed by atoms with Gasteiger partial charge < -0.3 is 5.11 Å². The highest BCUT2D eigenvalue weighted by atomic mass is 19.4. The minimum absolute atomic E-state index is 0.136. The number of amides is 2. The van der Waals surface area contributed by atoms with E-state index in [1.807, 2.05) is 0 Å². The van der Waals surface area contributed by atoms with Gasteiger partial charge in [-0.05, 0) is 24.3 Å². The van der Waals surface area contributed by atoms with E-state index in [4.69, 9.17) is 5.11 Å². The van der Waals surface area contributed by atoms with Crippen molar-refractivity contribution >= 4 is 17.5 Å². The van der Waals surface area contributed by atoms with Crippen molar-refractivity contribution < 1.29 is 27.9 Å². The Balaban J connectivity index is 1.85. The predicted octanol–water partition coefficient (Wildman–Crippen LogP) is 1.43. The van der Waals surface area contributed by atoms with Gasteiger partial charge in [0.25, 0.3) is 0 Å². The van der Waals surface area contributed by atoms with E-state index in [9.17, 15) is 22.8 Å². The Labute approximate surface area is 111 Å². The Hall–Kier alpha value is -1.89. The zero-order valence-electron chi connectivity index (χ0n) is 10.1. The highest BCUT2D eigenvalue weighted by Crippen LogP contribution is 2.53. The second kappa shape index (κ2) is 4.05. The fourth-order valence-electron chi connectivity index (χ4n) is 2.74. The molecule has 2 amide bonds. The molecule has 2 aliphatic rings. The summed E-state index contributed by atoms with van der Waals surface area (Å²) in [5.41, 5.74) is -0.698. The highest BCUT2D eigenvalue weighted by Gasteiger charge is 2.67. The third-order valence-electron chi connectivity index (χ3n) is 3.84. The van der Waals surface area contributed by atoms with Crippen molar-refractivity contribution in [2.75, 3.05) is 11.5 Å². The lowest BCUT2D eigenvalue weighted by molar-refractivity contribution is -0.137. The van der Waals surface area contributed by atoms with Crippen molar-refractivity contribution in [3.8, 4) is 0 Å². The number of alkyl halides is 3. The van der Waals surface area contributed by atoms with Gasteiger partial charge >= 0.3 is 6.18 Å². The molecular weight excluding hydrogens is 275 g/mol. The number of nitrogens with zero attached hydrogens (tertiary/aromatic N) is 1. The van der Waals surface area contributed by atoms with Crippen LogP contribution in [-0.2, 0) is 15.8 Å². The standard InChI is InChI=1S/C13H10F3NO3/c14-13(15,16)6-1-3-7(4-2-6)17-11(19)9-8(5-18)10(9)12(17)20/h1-4,8-10,18H,5H2. The Kier molecular flexibility index (Phi) is 2.66. The summed E-state index contributed by atoms with van der Waals surface area (Å²) in [5, 5.41) is 8.98. The first-order valence-corrected chi connectivity index (χ1v) is 6.02. The lowest BCUT2D eigenvalue weighted by Crippen LogP contribution is -2.35. The normalized spacial score (nSPS) is 28.8. The third-order valence-corrected chi connectivity index (χ3v) is 3.84. The van der Waals surface area contributed by atoms with Gasteiger partial charge in [-0.25, -0.2) is 0 Å². The van der Waals surface area contributed by atoms with E-state index in [1.54, 1.807) is 0 Å². The summed E-state index contributed by atoms with van der Waals surface area (Å²) < 4.78 is 37.3. The molecule has 0 radical (unpaired) electrons. The SMILES string of the molecule is O=C1C2C(CO)C2C(=O)N1c1ccc(C(F)(F)F)cc1. The molecule has 1 aliphatic heterocycles. The van der Waals surface area contributed by atoms with Crippen LogP contribution in [-0.4, -0.2) is 23.5 Å². The molecule has 7 heteroatoms. The number of aliphatic hydroxyl groups is 1. The zero-order valence-corrected chi connectivity index (χ0v) is 10.1. The van der Waals surface area contributed by atoms with E-state index < -0.39 is 35.4 Å². The maximum absolute atomic E-state index is 12.4. The number of hydrogen-bond donors (Lipinski definition) is 1. The van der Waals surface area contributed by atoms with E-state index >= 15 is 0 Å². The van der Waals surface area contributed by atoms with E-state index in [2.05, 4.69) is 0 Å². The van der Waals surface area contributed by atoms with Crippen molar-refractivity contribution in [2.45, 2.75) is 6.18 Å². The maximum atomic E-state index is 12.4. The molecule has 3 rings (SSSR count). The fourth-order valence-corrected chi connectivity index (χ4v) is 2.74. The molecule has 1 saturated carbocycles. The molecule has 2 fully saturated rings. The van der Waals surface area contributed by atoms with Gasteiger partial charge in [0.1, 0.15) is 0 Å². The lowest BCUT2D eigenvalue weighted by Gasteiger charge is -2.18. The summed E-state index contributed by atoms with van der Waals surface area (Å²) in [7, 11) is 0. The summed E-state index contributed by atoms with van der Waals surface area (Å²) in [6.07, 6.45) is -4.46. The number of rotatable bonds is 2. The first kappa shape index (κ1) is 13.1. The fraction of sp³-hybridized carbons (Fsp3) is 0.385. The van der Waals surface area contributed by atoms with E-state index in [0.29, 0.717) is 0 Å². The van der Waals surface area contributed by atoms with Crippen molar-refractivity contribution in [1.82, 2.24) is 0 Å². The molecular formula is C13H10F3NO3. The molecule has 4 nitrogen and oxygen atoms in total. The van der Waals surface area contributed by atoms with Crippen molar-refractivity contribution in [2.24, 2.45) is 17.8 Å². The zero-order chi connectivity index (χ0) is 14.7. The number of fused-ring (bicyclic) bond motifs is 1. The minimum atomic E-state index is -4.46. The molecule has 1 saturated heterocycles. The summed E-state index contributed by atoms with van der Waals surface area (Å²) in [5.74, 6) is -2.26. The van der Waals surface area contributed by atoms with Gasteiger partial charge in [0.15, 0.2) is 0 Å². The number of halogens is 3. The Morgan fingerprint density at radius 2 is 1.55 bits per heavy atom. The van der Waals surface area contributed by atoms with Crippen LogP contribution in [0.4, 0.5) is 18.9 Å². The van der Waals surface area contributed by atoms with Gasteiger partial charge in [-0.3, -0.25) is 14.5 Å². The molecule has 106 valence electrons. The van der Waals surface area contributed by atoms with Gasteiger partial charge in [-0.15, -0.1) is 0 Å². The number of anilines is 1. The number of piperidine rings is 1. The molecule has 1 aromatic rings. The van der Waals surface area contributed by atoms with Crippen LogP contribution in [0.5, 0.6) is 0 Å². The lowest BCUT2D eigenvalue weighted by atomic mass is 10.1. The second-order valence-corrected chi connectivity index (χ2v) is 4.95. The number of hydrogen-bond acceptors (Lipinski definition) is 3. The molecule has 0 aromatic heterocycles. The van der Waals surface area contributed by atoms with Crippen LogP contribution in [0, 0.1) is 17.8 Å². The van der Waals surface area contributed by atoms with Crippen LogP contribution in [0.3, 0.4) is 0 Å². The van der Waals surface area contributed by atoms with Crippen molar-refractivity contribution in [1.29, 1.82) is 0 Å². The van der Waals surface area contributed by atoms with Gasteiger partial charge in [0.05, 0.1) is 23.1 Å². The largest absolute Gasteiger partial charge is 0.416 e. The van der Waals surface area contributed by atoms with Gasteiger partial charge in [-0.1, -0.05) is 0 Å². The predicted molar refractivity (Wildman–Crippen MR) is 61.5 cm³/mol. The topological polar surface area (TPSA) is 57.6 Å². The van der Waals surface area contributed by atoms with Crippen LogP contribution in [0.15, 0.2) is 24.3 Å². The monoisotopic (exact) mass is 285 g/mol. The summed E-state index contributed by atoms with van der Waals surface area (Å²) >= 11 is 0. The van der Waals surface area contributed by atoms with E-state index in [-0.39, 0.29) is 18.2 Å². The maximum Gasteiger partial charge on any atom is 0.416 e. The highest BCUT2D eigenvalue weighted by molar-refractivity contribution is 6.25. The molecule has 2 unspecified atom stereocenters. The van der Waals surface area contributed by atoms with Crippen LogP contribution in [0.1, 0.15) is 5.56 Å². The van der Waals surface area contributed by atoms with E-state index in [0.717, 1.165) is 29.2 Å². The van der Waals surface area contributed by atoms with Crippen LogP contribution in [0.2, 0.25) is 0 Å². The first-order valence-electron chi connectivity index (χ1n) is 6.02. The smallest absolute Gasteiger partial charge is 0.396 e. The van der Waals surface area contributed by atoms with Gasteiger partial charge in [0, 0.05) is 12.5 Å². The molecule has 20 heavy (non-hydrogen) atoms. The Bertz CT molecular complexity index is 560. The summed E-state index contributed by atoms with van der Waals surface area (Å²) in [6.45, 7) is -0.229. The number of benzene rings is 1. The molecule has 2 atom stereocenters. The molecule has 1 aliphatic carbocycles. The Morgan fingerprint density at radius 1 is 1.05 bits per heavy atom. The van der Waals surface area contributed by atoms with Crippen LogP contribution < -0.4 is 4.90 Å².